The second kappa shape index (κ2) is 6.60. The Morgan fingerprint density at radius 2 is 2.00 bits per heavy atom. The van der Waals surface area contributed by atoms with E-state index in [2.05, 4.69) is 20.9 Å². The summed E-state index contributed by atoms with van der Waals surface area (Å²) in [5.74, 6) is 0.0165. The van der Waals surface area contributed by atoms with Gasteiger partial charge in [-0.25, -0.2) is 4.99 Å². The number of halogens is 1. The first-order valence-electron chi connectivity index (χ1n) is 6.73. The van der Waals surface area contributed by atoms with E-state index in [-0.39, 0.29) is 11.7 Å². The molecule has 4 nitrogen and oxygen atoms in total. The van der Waals surface area contributed by atoms with Crippen molar-refractivity contribution in [2.24, 2.45) is 4.99 Å². The summed E-state index contributed by atoms with van der Waals surface area (Å²) in [4.78, 5) is 16.6. The number of phenolic OH excluding ortho intramolecular Hbond substituents is 1. The van der Waals surface area contributed by atoms with Crippen LogP contribution in [0.15, 0.2) is 56.8 Å². The van der Waals surface area contributed by atoms with E-state index < -0.39 is 0 Å². The van der Waals surface area contributed by atoms with Crippen molar-refractivity contribution in [3.05, 3.63) is 63.0 Å². The van der Waals surface area contributed by atoms with Gasteiger partial charge in [0.15, 0.2) is 11.5 Å². The number of nitrogens with zero attached hydrogens (tertiary/aromatic N) is 1. The lowest BCUT2D eigenvalue weighted by Gasteiger charge is -2.07. The van der Waals surface area contributed by atoms with E-state index in [1.165, 1.54) is 18.9 Å². The maximum Gasteiger partial charge on any atom is 0.284 e. The largest absolute Gasteiger partial charge is 0.504 e. The van der Waals surface area contributed by atoms with Gasteiger partial charge in [0.25, 0.3) is 5.91 Å². The minimum absolute atomic E-state index is 0.00948. The van der Waals surface area contributed by atoms with E-state index in [0.717, 1.165) is 10.0 Å². The van der Waals surface area contributed by atoms with Crippen LogP contribution < -0.4 is 4.74 Å². The monoisotopic (exact) mass is 389 g/mol. The van der Waals surface area contributed by atoms with Crippen molar-refractivity contribution in [2.75, 3.05) is 7.11 Å². The summed E-state index contributed by atoms with van der Waals surface area (Å²) in [5.41, 5.74) is 1.39. The third kappa shape index (κ3) is 3.33. The average Bonchev–Trinajstić information content (AvgIpc) is 2.92. The highest BCUT2D eigenvalue weighted by Crippen LogP contribution is 2.38. The van der Waals surface area contributed by atoms with Crippen molar-refractivity contribution in [2.45, 2.75) is 0 Å². The number of hydrogen-bond acceptors (Lipinski definition) is 4. The topological polar surface area (TPSA) is 58.9 Å². The zero-order valence-electron chi connectivity index (χ0n) is 12.1. The van der Waals surface area contributed by atoms with Gasteiger partial charge in [-0.05, 0) is 18.2 Å². The Kier molecular flexibility index (Phi) is 4.54. The van der Waals surface area contributed by atoms with Gasteiger partial charge in [-0.2, -0.15) is 0 Å². The van der Waals surface area contributed by atoms with Gasteiger partial charge in [-0.1, -0.05) is 58.0 Å². The summed E-state index contributed by atoms with van der Waals surface area (Å²) in [7, 11) is 1.48. The highest BCUT2D eigenvalue weighted by molar-refractivity contribution is 9.10. The van der Waals surface area contributed by atoms with Gasteiger partial charge in [0.2, 0.25) is 0 Å². The van der Waals surface area contributed by atoms with E-state index in [9.17, 15) is 9.90 Å². The van der Waals surface area contributed by atoms with Gasteiger partial charge >= 0.3 is 0 Å². The number of methoxy groups -OCH3 is 1. The van der Waals surface area contributed by atoms with Crippen molar-refractivity contribution < 1.29 is 14.6 Å². The van der Waals surface area contributed by atoms with Crippen LogP contribution >= 0.6 is 27.7 Å². The Hall–Kier alpha value is -2.05. The molecule has 3 rings (SSSR count). The molecule has 0 spiro atoms. The molecule has 0 aromatic heterocycles. The van der Waals surface area contributed by atoms with Gasteiger partial charge in [-0.3, -0.25) is 4.79 Å². The molecule has 0 saturated carbocycles. The summed E-state index contributed by atoms with van der Waals surface area (Å²) in [6.45, 7) is 0. The van der Waals surface area contributed by atoms with Gasteiger partial charge in [-0.15, -0.1) is 0 Å². The second-order valence-electron chi connectivity index (χ2n) is 4.74. The molecule has 0 saturated heterocycles. The molecule has 0 unspecified atom stereocenters. The lowest BCUT2D eigenvalue weighted by Crippen LogP contribution is -1.90. The number of thioether (sulfide) groups is 1. The van der Waals surface area contributed by atoms with Crippen molar-refractivity contribution in [3.8, 4) is 11.5 Å². The molecule has 2 aromatic carbocycles. The molecule has 0 radical (unpaired) electrons. The fourth-order valence-electron chi connectivity index (χ4n) is 2.11. The van der Waals surface area contributed by atoms with E-state index >= 15 is 0 Å². The molecule has 6 heteroatoms. The van der Waals surface area contributed by atoms with Gasteiger partial charge in [0.1, 0.15) is 5.04 Å². The Morgan fingerprint density at radius 3 is 2.70 bits per heavy atom. The highest BCUT2D eigenvalue weighted by atomic mass is 79.9. The molecule has 0 aliphatic carbocycles. The molecule has 1 aliphatic heterocycles. The Morgan fingerprint density at radius 1 is 1.26 bits per heavy atom. The summed E-state index contributed by atoms with van der Waals surface area (Å²) in [6, 6.07) is 12.9. The average molecular weight is 390 g/mol. The summed E-state index contributed by atoms with van der Waals surface area (Å²) in [5, 5.41) is 10.9. The maximum atomic E-state index is 12.1. The quantitative estimate of drug-likeness (QED) is 0.798. The van der Waals surface area contributed by atoms with Crippen LogP contribution in [0.2, 0.25) is 0 Å². The zero-order chi connectivity index (χ0) is 16.4. The zero-order valence-corrected chi connectivity index (χ0v) is 14.5. The van der Waals surface area contributed by atoms with E-state index in [0.29, 0.717) is 21.3 Å². The first-order chi connectivity index (χ1) is 11.1. The van der Waals surface area contributed by atoms with Crippen LogP contribution in [0.3, 0.4) is 0 Å². The highest BCUT2D eigenvalue weighted by Gasteiger charge is 2.23. The lowest BCUT2D eigenvalue weighted by molar-refractivity contribution is -0.113. The van der Waals surface area contributed by atoms with Crippen LogP contribution in [0.25, 0.3) is 6.08 Å². The predicted molar refractivity (Wildman–Crippen MR) is 95.9 cm³/mol. The molecule has 23 heavy (non-hydrogen) atoms. The van der Waals surface area contributed by atoms with Crippen LogP contribution in [0, 0.1) is 0 Å². The van der Waals surface area contributed by atoms with Crippen LogP contribution in [0.4, 0.5) is 0 Å². The number of hydrogen-bond donors (Lipinski definition) is 1. The summed E-state index contributed by atoms with van der Waals surface area (Å²) >= 11 is 4.65. The first-order valence-corrected chi connectivity index (χ1v) is 8.34. The van der Waals surface area contributed by atoms with Crippen molar-refractivity contribution in [1.29, 1.82) is 0 Å². The van der Waals surface area contributed by atoms with Crippen molar-refractivity contribution >= 4 is 44.7 Å². The first kappa shape index (κ1) is 15.8. The van der Waals surface area contributed by atoms with Crippen LogP contribution in [-0.4, -0.2) is 23.2 Å². The molecule has 1 heterocycles. The molecular formula is C17H12BrNO3S. The molecule has 0 fully saturated rings. The van der Waals surface area contributed by atoms with E-state index in [1.54, 1.807) is 18.2 Å². The van der Waals surface area contributed by atoms with E-state index in [4.69, 9.17) is 4.74 Å². The minimum Gasteiger partial charge on any atom is -0.504 e. The number of aliphatic imine (C=N–C) groups is 1. The summed E-state index contributed by atoms with van der Waals surface area (Å²) in [6.07, 6.45) is 1.62. The number of benzene rings is 2. The molecule has 2 aromatic rings. The molecule has 1 aliphatic rings. The van der Waals surface area contributed by atoms with Crippen molar-refractivity contribution in [3.63, 3.8) is 0 Å². The Balaban J connectivity index is 1.94. The van der Waals surface area contributed by atoms with Crippen LogP contribution in [-0.2, 0) is 4.79 Å². The lowest BCUT2D eigenvalue weighted by atomic mass is 10.1. The number of carbonyl (C=O) groups is 1. The molecule has 1 N–H and O–H groups in total. The number of rotatable bonds is 3. The molecule has 0 bridgehead atoms. The number of aromatic hydroxyl groups is 1. The smallest absolute Gasteiger partial charge is 0.284 e. The predicted octanol–water partition coefficient (Wildman–Crippen LogP) is 4.22. The van der Waals surface area contributed by atoms with Gasteiger partial charge < -0.3 is 9.84 Å². The van der Waals surface area contributed by atoms with Crippen LogP contribution in [0.5, 0.6) is 11.5 Å². The Bertz CT molecular complexity index is 831. The molecule has 0 atom stereocenters. The maximum absolute atomic E-state index is 12.1. The fourth-order valence-corrected chi connectivity index (χ4v) is 3.48. The number of amides is 1. The van der Waals surface area contributed by atoms with Crippen molar-refractivity contribution in [1.82, 2.24) is 0 Å². The standard InChI is InChI=1S/C17H12BrNO3S/c1-22-13-9-12(18)7-11(15(13)20)8-14-16(21)19-17(23-14)10-5-3-2-4-6-10/h2-9,20H,1H3. The fraction of sp³-hybridized carbons (Fsp3) is 0.0588. The third-order valence-corrected chi connectivity index (χ3v) is 4.71. The van der Waals surface area contributed by atoms with Gasteiger partial charge in [0.05, 0.1) is 12.0 Å². The molecular weight excluding hydrogens is 378 g/mol. The number of carbonyl (C=O) groups excluding carboxylic acids is 1. The number of ether oxygens (including phenoxy) is 1. The third-order valence-electron chi connectivity index (χ3n) is 3.22. The molecule has 1 amide bonds. The summed E-state index contributed by atoms with van der Waals surface area (Å²) < 4.78 is 5.87. The molecule has 116 valence electrons. The second-order valence-corrected chi connectivity index (χ2v) is 6.69. The van der Waals surface area contributed by atoms with Crippen LogP contribution in [0.1, 0.15) is 11.1 Å². The Labute approximate surface area is 146 Å². The SMILES string of the molecule is COc1cc(Br)cc(C=C2SC(c3ccccc3)=NC2=O)c1O. The van der Waals surface area contributed by atoms with Gasteiger partial charge in [0, 0.05) is 15.6 Å². The number of phenols is 1. The minimum atomic E-state index is -0.313. The normalized spacial score (nSPS) is 15.8. The van der Waals surface area contributed by atoms with E-state index in [1.807, 2.05) is 30.3 Å².